The summed E-state index contributed by atoms with van der Waals surface area (Å²) in [6.07, 6.45) is 4.99. The number of aliphatic carboxylic acids is 1. The summed E-state index contributed by atoms with van der Waals surface area (Å²) >= 11 is 0. The van der Waals surface area contributed by atoms with E-state index in [1.165, 1.54) is 0 Å². The summed E-state index contributed by atoms with van der Waals surface area (Å²) in [7, 11) is 0. The van der Waals surface area contributed by atoms with Crippen molar-refractivity contribution in [2.75, 3.05) is 0 Å². The standard InChI is InChI=1S/C9H18O2.CH4.Pd/c1-3-5-6-7-8(4-2)9(10)11;;/h8H,3-7H2,1-2H3,(H,10,11);1H4;/t8-;;/m0../s1. The molecule has 0 aromatic rings. The Balaban J connectivity index is -0.000000500. The van der Waals surface area contributed by atoms with Crippen LogP contribution in [0, 0.1) is 5.92 Å². The minimum absolute atomic E-state index is 0. The largest absolute Gasteiger partial charge is 0.481 e. The third-order valence-electron chi connectivity index (χ3n) is 2.00. The average molecular weight is 281 g/mol. The molecule has 0 amide bonds. The molecule has 0 spiro atoms. The molecule has 0 aromatic carbocycles. The summed E-state index contributed by atoms with van der Waals surface area (Å²) in [4.78, 5) is 10.5. The van der Waals surface area contributed by atoms with Gasteiger partial charge in [-0.2, -0.15) is 0 Å². The maximum atomic E-state index is 10.5. The zero-order chi connectivity index (χ0) is 8.69. The summed E-state index contributed by atoms with van der Waals surface area (Å²) in [5.41, 5.74) is 0. The van der Waals surface area contributed by atoms with Crippen LogP contribution in [0.15, 0.2) is 0 Å². The Labute approximate surface area is 95.8 Å². The first-order valence-corrected chi connectivity index (χ1v) is 4.45. The van der Waals surface area contributed by atoms with Crippen molar-refractivity contribution in [3.63, 3.8) is 0 Å². The van der Waals surface area contributed by atoms with Crippen LogP contribution in [0.3, 0.4) is 0 Å². The molecule has 84 valence electrons. The van der Waals surface area contributed by atoms with Crippen LogP contribution < -0.4 is 0 Å². The van der Waals surface area contributed by atoms with E-state index in [4.69, 9.17) is 5.11 Å². The van der Waals surface area contributed by atoms with Crippen molar-refractivity contribution in [2.24, 2.45) is 5.92 Å². The van der Waals surface area contributed by atoms with Crippen LogP contribution in [0.4, 0.5) is 0 Å². The maximum absolute atomic E-state index is 10.5. The number of unbranched alkanes of at least 4 members (excludes halogenated alkanes) is 2. The molecular weight excluding hydrogens is 259 g/mol. The first kappa shape index (κ1) is 18.8. The second kappa shape index (κ2) is 12.1. The van der Waals surface area contributed by atoms with E-state index in [9.17, 15) is 4.79 Å². The van der Waals surface area contributed by atoms with Gasteiger partial charge in [-0.3, -0.25) is 4.79 Å². The van der Waals surface area contributed by atoms with E-state index in [0.29, 0.717) is 0 Å². The fraction of sp³-hybridized carbons (Fsp3) is 0.900. The van der Waals surface area contributed by atoms with E-state index in [-0.39, 0.29) is 33.8 Å². The third kappa shape index (κ3) is 10.1. The summed E-state index contributed by atoms with van der Waals surface area (Å²) in [5.74, 6) is -0.745. The zero-order valence-corrected chi connectivity index (χ0v) is 9.34. The smallest absolute Gasteiger partial charge is 0.306 e. The Morgan fingerprint density at radius 2 is 1.85 bits per heavy atom. The number of hydrogen-bond donors (Lipinski definition) is 1. The van der Waals surface area contributed by atoms with Crippen molar-refractivity contribution in [3.8, 4) is 0 Å². The van der Waals surface area contributed by atoms with Gasteiger partial charge in [0.05, 0.1) is 5.92 Å². The molecular formula is C10H22O2Pd. The Morgan fingerprint density at radius 3 is 2.15 bits per heavy atom. The van der Waals surface area contributed by atoms with Crippen molar-refractivity contribution in [1.82, 2.24) is 0 Å². The summed E-state index contributed by atoms with van der Waals surface area (Å²) < 4.78 is 0. The molecule has 3 heteroatoms. The van der Waals surface area contributed by atoms with Gasteiger partial charge in [0.2, 0.25) is 0 Å². The fourth-order valence-corrected chi connectivity index (χ4v) is 1.14. The van der Waals surface area contributed by atoms with Crippen LogP contribution in [-0.2, 0) is 25.2 Å². The molecule has 0 saturated heterocycles. The van der Waals surface area contributed by atoms with Gasteiger partial charge in [0.25, 0.3) is 0 Å². The molecule has 2 nitrogen and oxygen atoms in total. The summed E-state index contributed by atoms with van der Waals surface area (Å²) in [6.45, 7) is 4.06. The quantitative estimate of drug-likeness (QED) is 0.599. The van der Waals surface area contributed by atoms with Crippen LogP contribution in [0.25, 0.3) is 0 Å². The van der Waals surface area contributed by atoms with Gasteiger partial charge in [-0.15, -0.1) is 0 Å². The fourth-order valence-electron chi connectivity index (χ4n) is 1.14. The van der Waals surface area contributed by atoms with Crippen molar-refractivity contribution in [2.45, 2.75) is 53.4 Å². The third-order valence-corrected chi connectivity index (χ3v) is 2.00. The van der Waals surface area contributed by atoms with Gasteiger partial charge in [-0.25, -0.2) is 0 Å². The summed E-state index contributed by atoms with van der Waals surface area (Å²) in [6, 6.07) is 0. The van der Waals surface area contributed by atoms with E-state index in [0.717, 1.165) is 32.1 Å². The van der Waals surface area contributed by atoms with Crippen LogP contribution >= 0.6 is 0 Å². The molecule has 0 aliphatic heterocycles. The second-order valence-corrected chi connectivity index (χ2v) is 2.94. The van der Waals surface area contributed by atoms with Gasteiger partial charge >= 0.3 is 5.97 Å². The number of hydrogen-bond acceptors (Lipinski definition) is 1. The first-order chi connectivity index (χ1) is 5.22. The zero-order valence-electron chi connectivity index (χ0n) is 7.78. The van der Waals surface area contributed by atoms with Crippen molar-refractivity contribution < 1.29 is 30.3 Å². The van der Waals surface area contributed by atoms with Gasteiger partial charge in [-0.05, 0) is 12.8 Å². The molecule has 0 aliphatic rings. The van der Waals surface area contributed by atoms with Gasteiger partial charge in [0.1, 0.15) is 0 Å². The number of carboxylic acid groups (broad SMARTS) is 1. The molecule has 0 radical (unpaired) electrons. The Hall–Kier alpha value is 0.132. The normalized spacial score (nSPS) is 10.9. The summed E-state index contributed by atoms with van der Waals surface area (Å²) in [5, 5.41) is 8.67. The Kier molecular flexibility index (Phi) is 17.6. The maximum Gasteiger partial charge on any atom is 0.306 e. The molecule has 0 aromatic heterocycles. The van der Waals surface area contributed by atoms with Gasteiger partial charge < -0.3 is 5.11 Å². The second-order valence-electron chi connectivity index (χ2n) is 2.94. The minimum Gasteiger partial charge on any atom is -0.481 e. The van der Waals surface area contributed by atoms with E-state index < -0.39 is 5.97 Å². The van der Waals surface area contributed by atoms with E-state index in [2.05, 4.69) is 6.92 Å². The predicted octanol–water partition coefficient (Wildman–Crippen LogP) is 3.31. The van der Waals surface area contributed by atoms with Crippen molar-refractivity contribution in [3.05, 3.63) is 0 Å². The molecule has 1 N–H and O–H groups in total. The number of carbonyl (C=O) groups is 1. The minimum atomic E-state index is -0.636. The number of rotatable bonds is 6. The predicted molar refractivity (Wildman–Crippen MR) is 52.3 cm³/mol. The van der Waals surface area contributed by atoms with Crippen molar-refractivity contribution in [1.29, 1.82) is 0 Å². The molecule has 0 bridgehead atoms. The molecule has 0 saturated carbocycles. The Bertz CT molecular complexity index is 115. The van der Waals surface area contributed by atoms with Crippen LogP contribution in [0.2, 0.25) is 0 Å². The van der Waals surface area contributed by atoms with Gasteiger partial charge in [0.15, 0.2) is 0 Å². The van der Waals surface area contributed by atoms with Gasteiger partial charge in [-0.1, -0.05) is 40.5 Å². The monoisotopic (exact) mass is 280 g/mol. The van der Waals surface area contributed by atoms with Crippen LogP contribution in [-0.4, -0.2) is 11.1 Å². The van der Waals surface area contributed by atoms with Crippen molar-refractivity contribution >= 4 is 5.97 Å². The SMILES string of the molecule is C.CCCCC[C@H](CC)C(=O)O.[Pd]. The van der Waals surface area contributed by atoms with E-state index >= 15 is 0 Å². The molecule has 0 unspecified atom stereocenters. The molecule has 13 heavy (non-hydrogen) atoms. The van der Waals surface area contributed by atoms with Gasteiger partial charge in [0, 0.05) is 20.4 Å². The molecule has 0 aliphatic carbocycles. The average Bonchev–Trinajstić information content (AvgIpc) is 1.97. The molecule has 1 atom stereocenters. The van der Waals surface area contributed by atoms with Crippen LogP contribution in [0.5, 0.6) is 0 Å². The van der Waals surface area contributed by atoms with E-state index in [1.54, 1.807) is 0 Å². The number of carboxylic acids is 1. The molecule has 0 fully saturated rings. The Morgan fingerprint density at radius 1 is 1.31 bits per heavy atom. The molecule has 0 rings (SSSR count). The topological polar surface area (TPSA) is 37.3 Å². The first-order valence-electron chi connectivity index (χ1n) is 4.45. The molecule has 0 heterocycles. The van der Waals surface area contributed by atoms with E-state index in [1.807, 2.05) is 6.92 Å². The van der Waals surface area contributed by atoms with Crippen LogP contribution in [0.1, 0.15) is 53.4 Å².